The molecule has 1 unspecified atom stereocenters. The minimum Gasteiger partial charge on any atom is -0.492 e. The summed E-state index contributed by atoms with van der Waals surface area (Å²) in [6.07, 6.45) is 0.0979. The molecule has 1 N–H and O–H groups in total. The van der Waals surface area contributed by atoms with Gasteiger partial charge in [0.25, 0.3) is 0 Å². The zero-order valence-electron chi connectivity index (χ0n) is 17.5. The molecule has 2 aromatic carbocycles. The highest BCUT2D eigenvalue weighted by Gasteiger charge is 2.36. The molecule has 0 bridgehead atoms. The Labute approximate surface area is 180 Å². The van der Waals surface area contributed by atoms with Crippen molar-refractivity contribution in [1.82, 2.24) is 0 Å². The van der Waals surface area contributed by atoms with E-state index in [2.05, 4.69) is 5.32 Å². The summed E-state index contributed by atoms with van der Waals surface area (Å²) in [4.78, 5) is 28.9. The van der Waals surface area contributed by atoms with Crippen LogP contribution in [0.25, 0.3) is 0 Å². The molecule has 0 aromatic heterocycles. The van der Waals surface area contributed by atoms with Crippen LogP contribution in [-0.2, 0) is 14.3 Å². The van der Waals surface area contributed by atoms with Gasteiger partial charge < -0.3 is 24.6 Å². The average Bonchev–Trinajstić information content (AvgIpc) is 3.17. The molecule has 7 nitrogen and oxygen atoms in total. The Morgan fingerprint density at radius 1 is 1.19 bits per heavy atom. The first kappa shape index (κ1) is 21.1. The third-order valence-electron chi connectivity index (χ3n) is 5.52. The summed E-state index contributed by atoms with van der Waals surface area (Å²) in [5, 5.41) is 2.75. The molecule has 2 saturated heterocycles. The predicted molar refractivity (Wildman–Crippen MR) is 116 cm³/mol. The van der Waals surface area contributed by atoms with E-state index in [-0.39, 0.29) is 24.8 Å². The fourth-order valence-electron chi connectivity index (χ4n) is 3.96. The van der Waals surface area contributed by atoms with Crippen LogP contribution in [-0.4, -0.2) is 51.3 Å². The largest absolute Gasteiger partial charge is 0.492 e. The van der Waals surface area contributed by atoms with Crippen LogP contribution < -0.4 is 19.9 Å². The van der Waals surface area contributed by atoms with Crippen LogP contribution in [0.4, 0.5) is 21.5 Å². The minimum absolute atomic E-state index is 0.0979. The van der Waals surface area contributed by atoms with Crippen molar-refractivity contribution in [3.05, 3.63) is 48.3 Å². The maximum absolute atomic E-state index is 14.6. The molecule has 2 aliphatic heterocycles. The number of hydrogen-bond donors (Lipinski definition) is 1. The maximum Gasteiger partial charge on any atom is 0.229 e. The molecule has 31 heavy (non-hydrogen) atoms. The summed E-state index contributed by atoms with van der Waals surface area (Å²) in [5.74, 6) is -0.747. The highest BCUT2D eigenvalue weighted by Crippen LogP contribution is 2.33. The standard InChI is InChI=1S/C23H26FN3O4/c1-2-31-21-6-4-3-5-20(21)27-15-16(13-22(27)28)23(29)25-17-7-8-19(18(24)14-17)26-9-11-30-12-10-26/h3-8,14,16H,2,9-13,15H2,1H3,(H,25,29). The number of anilines is 3. The second-order valence-electron chi connectivity index (χ2n) is 7.56. The maximum atomic E-state index is 14.6. The van der Waals surface area contributed by atoms with E-state index in [0.717, 1.165) is 0 Å². The summed E-state index contributed by atoms with van der Waals surface area (Å²) in [5.41, 5.74) is 1.53. The molecule has 1 atom stereocenters. The smallest absolute Gasteiger partial charge is 0.229 e. The van der Waals surface area contributed by atoms with Gasteiger partial charge in [-0.1, -0.05) is 12.1 Å². The molecule has 2 amide bonds. The van der Waals surface area contributed by atoms with Crippen molar-refractivity contribution in [1.29, 1.82) is 0 Å². The summed E-state index contributed by atoms with van der Waals surface area (Å²) >= 11 is 0. The lowest BCUT2D eigenvalue weighted by Gasteiger charge is -2.29. The molecule has 0 aliphatic carbocycles. The van der Waals surface area contributed by atoms with Gasteiger partial charge in [-0.3, -0.25) is 9.59 Å². The Hall–Kier alpha value is -3.13. The summed E-state index contributed by atoms with van der Waals surface area (Å²) in [6.45, 7) is 5.01. The van der Waals surface area contributed by atoms with Crippen LogP contribution in [0.3, 0.4) is 0 Å². The topological polar surface area (TPSA) is 71.1 Å². The van der Waals surface area contributed by atoms with Crippen molar-refractivity contribution in [2.24, 2.45) is 5.92 Å². The van der Waals surface area contributed by atoms with Crippen molar-refractivity contribution in [2.45, 2.75) is 13.3 Å². The van der Waals surface area contributed by atoms with Crippen molar-refractivity contribution < 1.29 is 23.5 Å². The number of para-hydroxylation sites is 2. The lowest BCUT2D eigenvalue weighted by atomic mass is 10.1. The zero-order chi connectivity index (χ0) is 21.8. The molecule has 0 spiro atoms. The number of benzene rings is 2. The number of nitrogens with zero attached hydrogens (tertiary/aromatic N) is 2. The highest BCUT2D eigenvalue weighted by molar-refractivity contribution is 6.04. The van der Waals surface area contributed by atoms with Crippen molar-refractivity contribution in [2.75, 3.05) is 54.6 Å². The Kier molecular flexibility index (Phi) is 6.36. The molecule has 2 aromatic rings. The van der Waals surface area contributed by atoms with Crippen LogP contribution >= 0.6 is 0 Å². The molecule has 0 saturated carbocycles. The Bertz CT molecular complexity index is 962. The van der Waals surface area contributed by atoms with E-state index >= 15 is 0 Å². The number of carbonyl (C=O) groups is 2. The Balaban J connectivity index is 1.43. The number of rotatable bonds is 6. The average molecular weight is 427 g/mol. The molecule has 2 aliphatic rings. The summed E-state index contributed by atoms with van der Waals surface area (Å²) in [7, 11) is 0. The number of hydrogen-bond acceptors (Lipinski definition) is 5. The number of carbonyl (C=O) groups excluding carboxylic acids is 2. The fourth-order valence-corrected chi connectivity index (χ4v) is 3.96. The van der Waals surface area contributed by atoms with Gasteiger partial charge in [-0.2, -0.15) is 0 Å². The molecular weight excluding hydrogens is 401 g/mol. The van der Waals surface area contributed by atoms with Crippen molar-refractivity contribution in [3.8, 4) is 5.75 Å². The molecule has 2 heterocycles. The van der Waals surface area contributed by atoms with E-state index < -0.39 is 11.7 Å². The number of amides is 2. The van der Waals surface area contributed by atoms with Gasteiger partial charge in [0.05, 0.1) is 37.1 Å². The lowest BCUT2D eigenvalue weighted by molar-refractivity contribution is -0.122. The lowest BCUT2D eigenvalue weighted by Crippen LogP contribution is -2.36. The van der Waals surface area contributed by atoms with Crippen LogP contribution in [0.1, 0.15) is 13.3 Å². The summed E-state index contributed by atoms with van der Waals surface area (Å²) < 4.78 is 25.5. The van der Waals surface area contributed by atoms with Gasteiger partial charge in [0.15, 0.2) is 0 Å². The van der Waals surface area contributed by atoms with E-state index in [1.54, 1.807) is 23.1 Å². The van der Waals surface area contributed by atoms with Crippen LogP contribution in [0.5, 0.6) is 5.75 Å². The van der Waals surface area contributed by atoms with Crippen LogP contribution in [0, 0.1) is 11.7 Å². The SMILES string of the molecule is CCOc1ccccc1N1CC(C(=O)Nc2ccc(N3CCOCC3)c(F)c2)CC1=O. The van der Waals surface area contributed by atoms with Gasteiger partial charge in [0.1, 0.15) is 11.6 Å². The first-order valence-corrected chi connectivity index (χ1v) is 10.5. The fraction of sp³-hybridized carbons (Fsp3) is 0.391. The minimum atomic E-state index is -0.524. The summed E-state index contributed by atoms with van der Waals surface area (Å²) in [6, 6.07) is 12.0. The van der Waals surface area contributed by atoms with E-state index in [4.69, 9.17) is 9.47 Å². The van der Waals surface area contributed by atoms with E-state index in [1.165, 1.54) is 6.07 Å². The van der Waals surface area contributed by atoms with Crippen LogP contribution in [0.15, 0.2) is 42.5 Å². The molecule has 4 rings (SSSR count). The van der Waals surface area contributed by atoms with E-state index in [9.17, 15) is 14.0 Å². The van der Waals surface area contributed by atoms with Gasteiger partial charge in [0, 0.05) is 31.7 Å². The van der Waals surface area contributed by atoms with Gasteiger partial charge in [0.2, 0.25) is 11.8 Å². The number of nitrogens with one attached hydrogen (secondary N) is 1. The highest BCUT2D eigenvalue weighted by atomic mass is 19.1. The van der Waals surface area contributed by atoms with E-state index in [0.29, 0.717) is 55.7 Å². The third-order valence-corrected chi connectivity index (χ3v) is 5.52. The second-order valence-corrected chi connectivity index (χ2v) is 7.56. The second kappa shape index (κ2) is 9.34. The van der Waals surface area contributed by atoms with Gasteiger partial charge >= 0.3 is 0 Å². The van der Waals surface area contributed by atoms with Gasteiger partial charge in [-0.05, 0) is 37.3 Å². The number of halogens is 1. The van der Waals surface area contributed by atoms with E-state index in [1.807, 2.05) is 30.0 Å². The Morgan fingerprint density at radius 3 is 2.71 bits per heavy atom. The predicted octanol–water partition coefficient (Wildman–Crippen LogP) is 3.05. The Morgan fingerprint density at radius 2 is 1.97 bits per heavy atom. The zero-order valence-corrected chi connectivity index (χ0v) is 17.5. The number of ether oxygens (including phenoxy) is 2. The molecule has 8 heteroatoms. The van der Waals surface area contributed by atoms with Gasteiger partial charge in [-0.25, -0.2) is 4.39 Å². The normalized spacial score (nSPS) is 18.9. The molecule has 2 fully saturated rings. The van der Waals surface area contributed by atoms with Crippen molar-refractivity contribution >= 4 is 28.9 Å². The van der Waals surface area contributed by atoms with Gasteiger partial charge in [-0.15, -0.1) is 0 Å². The quantitative estimate of drug-likeness (QED) is 0.767. The molecule has 164 valence electrons. The third kappa shape index (κ3) is 4.64. The van der Waals surface area contributed by atoms with Crippen LogP contribution in [0.2, 0.25) is 0 Å². The first-order valence-electron chi connectivity index (χ1n) is 10.5. The molecule has 0 radical (unpaired) electrons. The van der Waals surface area contributed by atoms with Crippen molar-refractivity contribution in [3.63, 3.8) is 0 Å². The number of morpholine rings is 1. The molecular formula is C23H26FN3O4. The first-order chi connectivity index (χ1) is 15.1. The monoisotopic (exact) mass is 427 g/mol.